The van der Waals surface area contributed by atoms with Crippen molar-refractivity contribution in [3.8, 4) is 0 Å². The first-order valence-electron chi connectivity index (χ1n) is 8.31. The Kier molecular flexibility index (Phi) is 5.82. The van der Waals surface area contributed by atoms with Gasteiger partial charge in [-0.3, -0.25) is 0 Å². The van der Waals surface area contributed by atoms with E-state index in [4.69, 9.17) is 9.47 Å². The van der Waals surface area contributed by atoms with E-state index in [1.165, 1.54) is 12.8 Å². The number of hydrogen-bond donors (Lipinski definition) is 2. The van der Waals surface area contributed by atoms with Crippen LogP contribution in [0.3, 0.4) is 0 Å². The molecule has 1 aromatic rings. The van der Waals surface area contributed by atoms with Crippen LogP contribution in [-0.2, 0) is 15.0 Å². The lowest BCUT2D eigenvalue weighted by Gasteiger charge is -2.29. The van der Waals surface area contributed by atoms with Gasteiger partial charge in [0.05, 0.1) is 31.0 Å². The van der Waals surface area contributed by atoms with Crippen LogP contribution in [0.1, 0.15) is 43.5 Å². The summed E-state index contributed by atoms with van der Waals surface area (Å²) in [6, 6.07) is 0. The highest BCUT2D eigenvalue weighted by Crippen LogP contribution is 2.39. The van der Waals surface area contributed by atoms with Crippen LogP contribution in [0.2, 0.25) is 0 Å². The molecule has 2 N–H and O–H groups in total. The molecule has 22 heavy (non-hydrogen) atoms. The van der Waals surface area contributed by atoms with Crippen molar-refractivity contribution in [2.24, 2.45) is 0 Å². The Balaban J connectivity index is 1.42. The summed E-state index contributed by atoms with van der Waals surface area (Å²) < 4.78 is 11.1. The van der Waals surface area contributed by atoms with Crippen LogP contribution in [0.25, 0.3) is 0 Å². The fourth-order valence-corrected chi connectivity index (χ4v) is 4.26. The first kappa shape index (κ1) is 16.3. The van der Waals surface area contributed by atoms with Crippen LogP contribution in [0.15, 0.2) is 11.6 Å². The number of nitrogens with zero attached hydrogens (tertiary/aromatic N) is 1. The van der Waals surface area contributed by atoms with Gasteiger partial charge in [-0.05, 0) is 25.7 Å². The minimum Gasteiger partial charge on any atom is -0.389 e. The number of rotatable bonds is 8. The summed E-state index contributed by atoms with van der Waals surface area (Å²) in [6.45, 7) is 2.34. The second kappa shape index (κ2) is 7.84. The maximum Gasteiger partial charge on any atom is 0.113 e. The van der Waals surface area contributed by atoms with Crippen molar-refractivity contribution < 1.29 is 14.6 Å². The fourth-order valence-electron chi connectivity index (χ4n) is 3.39. The summed E-state index contributed by atoms with van der Waals surface area (Å²) in [5, 5.41) is 16.9. The Hall–Kier alpha value is -0.530. The summed E-state index contributed by atoms with van der Waals surface area (Å²) in [5.41, 5.74) is -0.0380. The van der Waals surface area contributed by atoms with Crippen LogP contribution in [0, 0.1) is 0 Å². The van der Waals surface area contributed by atoms with E-state index in [0.717, 1.165) is 37.3 Å². The van der Waals surface area contributed by atoms with Crippen molar-refractivity contribution in [1.82, 2.24) is 10.3 Å². The van der Waals surface area contributed by atoms with Gasteiger partial charge >= 0.3 is 0 Å². The number of nitrogens with one attached hydrogen (secondary N) is 1. The SMILES string of the molecule is OC(CNC1(c2nccs2)CCCC1)COCC1CCCO1. The molecule has 1 aromatic heterocycles. The highest BCUT2D eigenvalue weighted by Gasteiger charge is 2.37. The smallest absolute Gasteiger partial charge is 0.113 e. The van der Waals surface area contributed by atoms with Gasteiger partial charge in [0.25, 0.3) is 0 Å². The van der Waals surface area contributed by atoms with Gasteiger partial charge in [0.1, 0.15) is 5.01 Å². The third kappa shape index (κ3) is 4.06. The predicted octanol–water partition coefficient (Wildman–Crippen LogP) is 2.06. The molecule has 1 saturated carbocycles. The van der Waals surface area contributed by atoms with Gasteiger partial charge in [-0.15, -0.1) is 11.3 Å². The van der Waals surface area contributed by atoms with Crippen LogP contribution in [-0.4, -0.2) is 48.7 Å². The average Bonchev–Trinajstić information content (AvgIpc) is 3.26. The molecule has 0 aromatic carbocycles. The molecule has 6 heteroatoms. The monoisotopic (exact) mass is 326 g/mol. The van der Waals surface area contributed by atoms with Crippen molar-refractivity contribution in [3.05, 3.63) is 16.6 Å². The van der Waals surface area contributed by atoms with Gasteiger partial charge in [-0.1, -0.05) is 12.8 Å². The number of thiazole rings is 1. The van der Waals surface area contributed by atoms with Crippen molar-refractivity contribution >= 4 is 11.3 Å². The number of aromatic nitrogens is 1. The van der Waals surface area contributed by atoms with E-state index < -0.39 is 6.10 Å². The summed E-state index contributed by atoms with van der Waals surface area (Å²) in [4.78, 5) is 4.49. The largest absolute Gasteiger partial charge is 0.389 e. The summed E-state index contributed by atoms with van der Waals surface area (Å²) in [6.07, 6.45) is 8.43. The summed E-state index contributed by atoms with van der Waals surface area (Å²) in [7, 11) is 0. The Bertz CT molecular complexity index is 429. The fraction of sp³-hybridized carbons (Fsp3) is 0.812. The molecule has 0 spiro atoms. The molecule has 2 fully saturated rings. The van der Waals surface area contributed by atoms with E-state index in [0.29, 0.717) is 19.8 Å². The molecule has 0 amide bonds. The molecule has 2 heterocycles. The van der Waals surface area contributed by atoms with E-state index in [9.17, 15) is 5.11 Å². The highest BCUT2D eigenvalue weighted by atomic mass is 32.1. The molecule has 124 valence electrons. The van der Waals surface area contributed by atoms with E-state index in [2.05, 4.69) is 10.3 Å². The van der Waals surface area contributed by atoms with E-state index in [1.54, 1.807) is 11.3 Å². The number of hydrogen-bond acceptors (Lipinski definition) is 6. The van der Waals surface area contributed by atoms with Gasteiger partial charge in [0, 0.05) is 24.7 Å². The zero-order valence-electron chi connectivity index (χ0n) is 13.0. The van der Waals surface area contributed by atoms with E-state index in [-0.39, 0.29) is 11.6 Å². The predicted molar refractivity (Wildman–Crippen MR) is 86.1 cm³/mol. The third-order valence-corrected chi connectivity index (χ3v) is 5.59. The lowest BCUT2D eigenvalue weighted by Crippen LogP contribution is -2.44. The molecule has 5 nitrogen and oxygen atoms in total. The molecule has 2 unspecified atom stereocenters. The second-order valence-electron chi connectivity index (χ2n) is 6.33. The molecule has 1 aliphatic heterocycles. The first-order valence-corrected chi connectivity index (χ1v) is 9.19. The molecule has 3 rings (SSSR count). The zero-order chi connectivity index (χ0) is 15.3. The van der Waals surface area contributed by atoms with Gasteiger partial charge in [-0.2, -0.15) is 0 Å². The maximum absolute atomic E-state index is 10.2. The molecule has 2 atom stereocenters. The van der Waals surface area contributed by atoms with Gasteiger partial charge in [0.2, 0.25) is 0 Å². The topological polar surface area (TPSA) is 63.6 Å². The number of aliphatic hydroxyl groups excluding tert-OH is 1. The maximum atomic E-state index is 10.2. The first-order chi connectivity index (χ1) is 10.8. The molecule has 2 aliphatic rings. The van der Waals surface area contributed by atoms with Crippen molar-refractivity contribution in [1.29, 1.82) is 0 Å². The Morgan fingerprint density at radius 1 is 1.45 bits per heavy atom. The quantitative estimate of drug-likeness (QED) is 0.765. The van der Waals surface area contributed by atoms with Crippen molar-refractivity contribution in [2.75, 3.05) is 26.4 Å². The lowest BCUT2D eigenvalue weighted by atomic mass is 9.98. The normalized spacial score (nSPS) is 25.6. The van der Waals surface area contributed by atoms with Crippen LogP contribution >= 0.6 is 11.3 Å². The lowest BCUT2D eigenvalue weighted by molar-refractivity contribution is -0.0181. The summed E-state index contributed by atoms with van der Waals surface area (Å²) in [5.74, 6) is 0. The van der Waals surface area contributed by atoms with Gasteiger partial charge in [-0.25, -0.2) is 4.98 Å². The summed E-state index contributed by atoms with van der Waals surface area (Å²) >= 11 is 1.70. The molecule has 0 radical (unpaired) electrons. The minimum atomic E-state index is -0.487. The zero-order valence-corrected chi connectivity index (χ0v) is 13.8. The van der Waals surface area contributed by atoms with Gasteiger partial charge in [0.15, 0.2) is 0 Å². The van der Waals surface area contributed by atoms with E-state index >= 15 is 0 Å². The molecular weight excluding hydrogens is 300 g/mol. The Morgan fingerprint density at radius 2 is 2.32 bits per heavy atom. The molecule has 1 aliphatic carbocycles. The van der Waals surface area contributed by atoms with Crippen LogP contribution in [0.5, 0.6) is 0 Å². The van der Waals surface area contributed by atoms with Crippen LogP contribution in [0.4, 0.5) is 0 Å². The third-order valence-electron chi connectivity index (χ3n) is 4.61. The molecular formula is C16H26N2O3S. The minimum absolute atomic E-state index is 0.0380. The number of aliphatic hydroxyl groups is 1. The van der Waals surface area contributed by atoms with Crippen LogP contribution < -0.4 is 5.32 Å². The Morgan fingerprint density at radius 3 is 3.00 bits per heavy atom. The highest BCUT2D eigenvalue weighted by molar-refractivity contribution is 7.09. The number of ether oxygens (including phenoxy) is 2. The van der Waals surface area contributed by atoms with Crippen molar-refractivity contribution in [2.45, 2.75) is 56.3 Å². The van der Waals surface area contributed by atoms with E-state index in [1.807, 2.05) is 11.6 Å². The Labute approximate surface area is 136 Å². The molecule has 1 saturated heterocycles. The molecule has 0 bridgehead atoms. The standard InChI is InChI=1S/C16H26N2O3S/c19-13(11-20-12-14-4-3-8-21-14)10-18-16(5-1-2-6-16)15-17-7-9-22-15/h7,9,13-14,18-19H,1-6,8,10-12H2. The van der Waals surface area contributed by atoms with Gasteiger partial charge < -0.3 is 19.9 Å². The second-order valence-corrected chi connectivity index (χ2v) is 7.23. The average molecular weight is 326 g/mol. The van der Waals surface area contributed by atoms with Crippen molar-refractivity contribution in [3.63, 3.8) is 0 Å².